The monoisotopic (exact) mass is 357 g/mol. The van der Waals surface area contributed by atoms with Crippen LogP contribution in [0.2, 0.25) is 0 Å². The summed E-state index contributed by atoms with van der Waals surface area (Å²) >= 11 is 0. The van der Waals surface area contributed by atoms with Crippen molar-refractivity contribution in [2.45, 2.75) is 51.4 Å². The Kier molecular flexibility index (Phi) is 5.32. The number of rotatable bonds is 3. The molecule has 0 spiro atoms. The molecule has 1 saturated heterocycles. The highest BCUT2D eigenvalue weighted by Gasteiger charge is 2.27. The molecule has 0 bridgehead atoms. The molecule has 2 aromatic rings. The van der Waals surface area contributed by atoms with E-state index in [4.69, 9.17) is 4.74 Å². The molecule has 1 aromatic carbocycles. The van der Waals surface area contributed by atoms with Gasteiger partial charge in [-0.25, -0.2) is 9.78 Å². The molecular weight excluding hydrogens is 330 g/mol. The first-order valence-corrected chi connectivity index (χ1v) is 9.08. The summed E-state index contributed by atoms with van der Waals surface area (Å²) in [6.45, 7) is 6.96. The van der Waals surface area contributed by atoms with Crippen LogP contribution in [0.25, 0.3) is 0 Å². The first kappa shape index (κ1) is 18.5. The zero-order chi connectivity index (χ0) is 18.7. The van der Waals surface area contributed by atoms with Crippen molar-refractivity contribution in [2.24, 2.45) is 0 Å². The van der Waals surface area contributed by atoms with Crippen LogP contribution in [-0.2, 0) is 4.74 Å². The summed E-state index contributed by atoms with van der Waals surface area (Å²) in [4.78, 5) is 18.3. The number of nitrogens with zero attached hydrogens (tertiary/aromatic N) is 3. The third kappa shape index (κ3) is 4.43. The van der Waals surface area contributed by atoms with Gasteiger partial charge in [-0.2, -0.15) is 0 Å². The molecule has 6 nitrogen and oxygen atoms in total. The number of aromatic nitrogens is 2. The van der Waals surface area contributed by atoms with Crippen molar-refractivity contribution < 1.29 is 14.6 Å². The lowest BCUT2D eigenvalue weighted by Crippen LogP contribution is -2.42. The number of aliphatic hydroxyl groups is 1. The number of amides is 1. The second kappa shape index (κ2) is 7.50. The van der Waals surface area contributed by atoms with Crippen LogP contribution >= 0.6 is 0 Å². The number of piperidine rings is 1. The lowest BCUT2D eigenvalue weighted by atomic mass is 10.0. The molecular formula is C20H27N3O3. The van der Waals surface area contributed by atoms with Crippen LogP contribution in [-0.4, -0.2) is 44.3 Å². The van der Waals surface area contributed by atoms with Crippen LogP contribution in [0.1, 0.15) is 57.0 Å². The number of carbonyl (C=O) groups excluding carboxylic acids is 1. The van der Waals surface area contributed by atoms with Gasteiger partial charge in [0.05, 0.1) is 12.0 Å². The van der Waals surface area contributed by atoms with Gasteiger partial charge in [0.2, 0.25) is 0 Å². The summed E-state index contributed by atoms with van der Waals surface area (Å²) in [7, 11) is 0. The number of likely N-dealkylation sites (tertiary alicyclic amines) is 1. The quantitative estimate of drug-likeness (QED) is 0.912. The molecule has 1 atom stereocenters. The zero-order valence-corrected chi connectivity index (χ0v) is 15.6. The predicted octanol–water partition coefficient (Wildman–Crippen LogP) is 3.54. The summed E-state index contributed by atoms with van der Waals surface area (Å²) < 4.78 is 7.49. The molecule has 140 valence electrons. The van der Waals surface area contributed by atoms with Gasteiger partial charge >= 0.3 is 6.09 Å². The zero-order valence-electron chi connectivity index (χ0n) is 15.6. The average Bonchev–Trinajstić information content (AvgIpc) is 3.10. The van der Waals surface area contributed by atoms with Gasteiger partial charge in [-0.15, -0.1) is 0 Å². The molecule has 1 fully saturated rings. The van der Waals surface area contributed by atoms with Gasteiger partial charge in [0, 0.05) is 25.3 Å². The average molecular weight is 357 g/mol. The Morgan fingerprint density at radius 3 is 2.50 bits per heavy atom. The molecule has 1 aliphatic heterocycles. The number of imidazole rings is 1. The number of carbonyl (C=O) groups is 1. The van der Waals surface area contributed by atoms with Crippen LogP contribution in [0.5, 0.6) is 0 Å². The van der Waals surface area contributed by atoms with E-state index in [9.17, 15) is 9.90 Å². The van der Waals surface area contributed by atoms with E-state index in [1.54, 1.807) is 11.2 Å². The van der Waals surface area contributed by atoms with Crippen molar-refractivity contribution in [3.05, 3.63) is 54.1 Å². The van der Waals surface area contributed by atoms with E-state index >= 15 is 0 Å². The highest BCUT2D eigenvalue weighted by atomic mass is 16.6. The van der Waals surface area contributed by atoms with Crippen LogP contribution in [0.15, 0.2) is 42.9 Å². The Hall–Kier alpha value is -2.34. The second-order valence-electron chi connectivity index (χ2n) is 7.76. The third-order valence-corrected chi connectivity index (χ3v) is 4.55. The fourth-order valence-corrected chi connectivity index (χ4v) is 3.17. The van der Waals surface area contributed by atoms with E-state index in [-0.39, 0.29) is 12.1 Å². The first-order valence-electron chi connectivity index (χ1n) is 9.08. The van der Waals surface area contributed by atoms with Gasteiger partial charge in [-0.1, -0.05) is 30.3 Å². The van der Waals surface area contributed by atoms with Gasteiger partial charge in [-0.3, -0.25) is 0 Å². The largest absolute Gasteiger partial charge is 0.444 e. The number of ether oxygens (including phenoxy) is 1. The van der Waals surface area contributed by atoms with E-state index in [1.165, 1.54) is 0 Å². The van der Waals surface area contributed by atoms with E-state index in [0.29, 0.717) is 18.8 Å². The minimum Gasteiger partial charge on any atom is -0.444 e. The second-order valence-corrected chi connectivity index (χ2v) is 7.76. The van der Waals surface area contributed by atoms with Crippen molar-refractivity contribution in [3.8, 4) is 0 Å². The van der Waals surface area contributed by atoms with E-state index in [0.717, 1.165) is 18.4 Å². The molecule has 1 aliphatic rings. The normalized spacial score (nSPS) is 17.2. The van der Waals surface area contributed by atoms with Gasteiger partial charge in [0.15, 0.2) is 0 Å². The summed E-state index contributed by atoms with van der Waals surface area (Å²) in [5.74, 6) is 0. The van der Waals surface area contributed by atoms with Crippen LogP contribution in [0, 0.1) is 0 Å². The molecule has 0 saturated carbocycles. The summed E-state index contributed by atoms with van der Waals surface area (Å²) in [5, 5.41) is 10.5. The smallest absolute Gasteiger partial charge is 0.410 e. The van der Waals surface area contributed by atoms with Gasteiger partial charge < -0.3 is 19.3 Å². The molecule has 1 aromatic heterocycles. The lowest BCUT2D eigenvalue weighted by Gasteiger charge is -2.33. The Morgan fingerprint density at radius 2 is 1.88 bits per heavy atom. The highest BCUT2D eigenvalue weighted by molar-refractivity contribution is 5.68. The number of hydrogen-bond donors (Lipinski definition) is 1. The Morgan fingerprint density at radius 1 is 1.23 bits per heavy atom. The van der Waals surface area contributed by atoms with Gasteiger partial charge in [0.25, 0.3) is 0 Å². The molecule has 0 aliphatic carbocycles. The van der Waals surface area contributed by atoms with E-state index in [1.807, 2.05) is 61.9 Å². The topological polar surface area (TPSA) is 67.6 Å². The van der Waals surface area contributed by atoms with Crippen LogP contribution < -0.4 is 0 Å². The molecule has 6 heteroatoms. The molecule has 2 heterocycles. The third-order valence-electron chi connectivity index (χ3n) is 4.55. The maximum absolute atomic E-state index is 12.2. The van der Waals surface area contributed by atoms with E-state index in [2.05, 4.69) is 4.98 Å². The Labute approximate surface area is 154 Å². The summed E-state index contributed by atoms with van der Waals surface area (Å²) in [6, 6.07) is 9.79. The standard InChI is InChI=1S/C20H27N3O3/c1-20(2,3)26-19(25)22-11-9-16(10-12-22)23-13-17(21-14-23)18(24)15-7-5-4-6-8-15/h4-8,13-14,16,18,24H,9-12H2,1-3H3. The Balaban J connectivity index is 1.59. The van der Waals surface area contributed by atoms with E-state index < -0.39 is 11.7 Å². The van der Waals surface area contributed by atoms with Crippen molar-refractivity contribution in [3.63, 3.8) is 0 Å². The van der Waals surface area contributed by atoms with Crippen molar-refractivity contribution in [2.75, 3.05) is 13.1 Å². The van der Waals surface area contributed by atoms with Gasteiger partial charge in [0.1, 0.15) is 11.7 Å². The first-order chi connectivity index (χ1) is 12.3. The van der Waals surface area contributed by atoms with Crippen molar-refractivity contribution in [1.29, 1.82) is 0 Å². The maximum Gasteiger partial charge on any atom is 0.410 e. The lowest BCUT2D eigenvalue weighted by molar-refractivity contribution is 0.0188. The van der Waals surface area contributed by atoms with Crippen LogP contribution in [0.3, 0.4) is 0 Å². The predicted molar refractivity (Wildman–Crippen MR) is 98.8 cm³/mol. The molecule has 1 amide bonds. The fourth-order valence-electron chi connectivity index (χ4n) is 3.17. The minimum atomic E-state index is -0.723. The molecule has 1 N–H and O–H groups in total. The number of benzene rings is 1. The van der Waals surface area contributed by atoms with Crippen molar-refractivity contribution >= 4 is 6.09 Å². The Bertz CT molecular complexity index is 728. The minimum absolute atomic E-state index is 0.248. The van der Waals surface area contributed by atoms with Crippen molar-refractivity contribution in [1.82, 2.24) is 14.5 Å². The van der Waals surface area contributed by atoms with Crippen LogP contribution in [0.4, 0.5) is 4.79 Å². The SMILES string of the molecule is CC(C)(C)OC(=O)N1CCC(n2cnc(C(O)c3ccccc3)c2)CC1. The number of hydrogen-bond acceptors (Lipinski definition) is 4. The molecule has 26 heavy (non-hydrogen) atoms. The fraction of sp³-hybridized carbons (Fsp3) is 0.500. The summed E-state index contributed by atoms with van der Waals surface area (Å²) in [5.41, 5.74) is 1.00. The molecule has 0 radical (unpaired) electrons. The van der Waals surface area contributed by atoms with Gasteiger partial charge in [-0.05, 0) is 39.2 Å². The highest BCUT2D eigenvalue weighted by Crippen LogP contribution is 2.26. The molecule has 1 unspecified atom stereocenters. The molecule has 3 rings (SSSR count). The maximum atomic E-state index is 12.2. The summed E-state index contributed by atoms with van der Waals surface area (Å²) in [6.07, 6.45) is 4.40. The number of aliphatic hydroxyl groups excluding tert-OH is 1.